The van der Waals surface area contributed by atoms with Crippen molar-refractivity contribution in [3.8, 4) is 17.9 Å². The first-order valence-corrected chi connectivity index (χ1v) is 6.96. The van der Waals surface area contributed by atoms with Crippen LogP contribution in [-0.2, 0) is 9.47 Å². The smallest absolute Gasteiger partial charge is 0.292 e. The molecule has 7 nitrogen and oxygen atoms in total. The number of fused-ring (bicyclic) bond motifs is 1. The summed E-state index contributed by atoms with van der Waals surface area (Å²) in [5.41, 5.74) is 4.23. The average Bonchev–Trinajstić information content (AvgIpc) is 3.17. The predicted molar refractivity (Wildman–Crippen MR) is 80.2 cm³/mol. The van der Waals surface area contributed by atoms with Crippen LogP contribution >= 0.6 is 0 Å². The summed E-state index contributed by atoms with van der Waals surface area (Å²) < 4.78 is 15.9. The molecular formula is C16H16N4O3. The van der Waals surface area contributed by atoms with Gasteiger partial charge in [0, 0.05) is 20.1 Å². The highest BCUT2D eigenvalue weighted by molar-refractivity contribution is 6.00. The zero-order valence-electron chi connectivity index (χ0n) is 13.0. The Morgan fingerprint density at radius 1 is 1.09 bits per heavy atom. The fraction of sp³-hybridized carbons (Fsp3) is 0.438. The highest BCUT2D eigenvalue weighted by Crippen LogP contribution is 2.81. The highest BCUT2D eigenvalue weighted by Gasteiger charge is 2.93. The maximum Gasteiger partial charge on any atom is 0.292 e. The Balaban J connectivity index is 2.18. The number of hydrogen-bond acceptors (Lipinski definition) is 7. The number of nitrogens with zero attached hydrogens (tertiary/aromatic N) is 3. The molecule has 1 saturated carbocycles. The maximum absolute atomic E-state index is 9.90. The first kappa shape index (κ1) is 15.3. The number of nitriles is 2. The normalized spacial score (nSPS) is 33.1. The Morgan fingerprint density at radius 2 is 1.70 bits per heavy atom. The number of methoxy groups -OCH3 is 3. The molecule has 118 valence electrons. The molecule has 7 heteroatoms. The number of amidine groups is 1. The van der Waals surface area contributed by atoms with Gasteiger partial charge in [-0.2, -0.15) is 10.5 Å². The van der Waals surface area contributed by atoms with Gasteiger partial charge in [0.25, 0.3) is 5.91 Å². The number of nitrogens with two attached hydrogens (primary N) is 1. The molecule has 1 heterocycles. The summed E-state index contributed by atoms with van der Waals surface area (Å²) in [6, 6.07) is 11.6. The van der Waals surface area contributed by atoms with Crippen molar-refractivity contribution >= 4 is 5.84 Å². The highest BCUT2D eigenvalue weighted by atomic mass is 16.7. The van der Waals surface area contributed by atoms with Gasteiger partial charge in [-0.05, 0) is 17.7 Å². The summed E-state index contributed by atoms with van der Waals surface area (Å²) >= 11 is 0. The van der Waals surface area contributed by atoms with Crippen LogP contribution in [0.5, 0.6) is 5.75 Å². The third kappa shape index (κ3) is 1.41. The van der Waals surface area contributed by atoms with Crippen LogP contribution in [0.4, 0.5) is 0 Å². The number of aliphatic imine (C=N–C) groups is 1. The molecule has 3 atom stereocenters. The molecule has 3 rings (SSSR count). The molecular weight excluding hydrogens is 296 g/mol. The molecule has 0 unspecified atom stereocenters. The Labute approximate surface area is 133 Å². The molecule has 0 spiro atoms. The van der Waals surface area contributed by atoms with Crippen LogP contribution in [-0.4, -0.2) is 33.1 Å². The molecule has 0 bridgehead atoms. The molecule has 1 aliphatic heterocycles. The van der Waals surface area contributed by atoms with E-state index in [1.807, 2.05) is 12.1 Å². The molecule has 0 amide bonds. The van der Waals surface area contributed by atoms with Gasteiger partial charge in [-0.15, -0.1) is 0 Å². The molecule has 23 heavy (non-hydrogen) atoms. The van der Waals surface area contributed by atoms with Crippen LogP contribution in [0.1, 0.15) is 11.5 Å². The van der Waals surface area contributed by atoms with Gasteiger partial charge < -0.3 is 19.9 Å². The van der Waals surface area contributed by atoms with Crippen LogP contribution in [0.3, 0.4) is 0 Å². The molecule has 1 fully saturated rings. The summed E-state index contributed by atoms with van der Waals surface area (Å²) in [7, 11) is 4.34. The zero-order valence-corrected chi connectivity index (χ0v) is 13.0. The van der Waals surface area contributed by atoms with Crippen LogP contribution in [0.2, 0.25) is 0 Å². The molecule has 1 aromatic rings. The van der Waals surface area contributed by atoms with Gasteiger partial charge in [-0.25, -0.2) is 4.99 Å². The molecule has 2 aliphatic rings. The Morgan fingerprint density at radius 3 is 2.13 bits per heavy atom. The van der Waals surface area contributed by atoms with Gasteiger partial charge in [0.2, 0.25) is 0 Å². The minimum atomic E-state index is -1.59. The van der Waals surface area contributed by atoms with E-state index in [2.05, 4.69) is 17.1 Å². The number of ether oxygens (including phenoxy) is 3. The van der Waals surface area contributed by atoms with E-state index in [-0.39, 0.29) is 5.84 Å². The van der Waals surface area contributed by atoms with Crippen molar-refractivity contribution in [3.05, 3.63) is 29.8 Å². The minimum Gasteiger partial charge on any atom is -0.497 e. The van der Waals surface area contributed by atoms with E-state index in [1.54, 1.807) is 19.2 Å². The summed E-state index contributed by atoms with van der Waals surface area (Å²) in [6.07, 6.45) is 0. The second kappa shape index (κ2) is 4.69. The van der Waals surface area contributed by atoms with Crippen molar-refractivity contribution in [1.82, 2.24) is 0 Å². The number of hydrogen-bond donors (Lipinski definition) is 1. The van der Waals surface area contributed by atoms with Crippen LogP contribution in [0.25, 0.3) is 0 Å². The fourth-order valence-electron chi connectivity index (χ4n) is 3.82. The van der Waals surface area contributed by atoms with Crippen molar-refractivity contribution in [2.24, 2.45) is 21.6 Å². The molecule has 0 saturated heterocycles. The van der Waals surface area contributed by atoms with E-state index in [0.29, 0.717) is 5.75 Å². The Bertz CT molecular complexity index is 757. The molecule has 0 aromatic heterocycles. The number of rotatable bonds is 4. The topological polar surface area (TPSA) is 114 Å². The van der Waals surface area contributed by atoms with Gasteiger partial charge in [0.15, 0.2) is 5.41 Å². The molecule has 0 radical (unpaired) electrons. The van der Waals surface area contributed by atoms with Crippen LogP contribution in [0, 0.1) is 33.5 Å². The van der Waals surface area contributed by atoms with Crippen LogP contribution in [0.15, 0.2) is 29.3 Å². The summed E-state index contributed by atoms with van der Waals surface area (Å²) in [5, 5.41) is 19.7. The largest absolute Gasteiger partial charge is 0.497 e. The van der Waals surface area contributed by atoms with E-state index >= 15 is 0 Å². The van der Waals surface area contributed by atoms with E-state index in [0.717, 1.165) is 5.56 Å². The SMILES string of the molecule is COc1ccc([C@@H]2[C@]3(C#N)C(N)=NC(OC)(OC)[C@@]23C#N)cc1. The van der Waals surface area contributed by atoms with Gasteiger partial charge in [-0.3, -0.25) is 0 Å². The monoisotopic (exact) mass is 312 g/mol. The lowest BCUT2D eigenvalue weighted by molar-refractivity contribution is -0.230. The molecule has 1 aliphatic carbocycles. The Kier molecular flexibility index (Phi) is 3.12. The average molecular weight is 312 g/mol. The van der Waals surface area contributed by atoms with Crippen molar-refractivity contribution in [3.63, 3.8) is 0 Å². The maximum atomic E-state index is 9.90. The lowest BCUT2D eigenvalue weighted by Gasteiger charge is -2.29. The molecule has 2 N–H and O–H groups in total. The third-order valence-corrected chi connectivity index (χ3v) is 4.93. The van der Waals surface area contributed by atoms with Gasteiger partial charge in [-0.1, -0.05) is 12.1 Å². The van der Waals surface area contributed by atoms with Crippen molar-refractivity contribution in [2.75, 3.05) is 21.3 Å². The van der Waals surface area contributed by atoms with Gasteiger partial charge in [0.05, 0.1) is 19.2 Å². The Hall–Kier alpha value is -2.61. The lowest BCUT2D eigenvalue weighted by atomic mass is 9.93. The first-order valence-electron chi connectivity index (χ1n) is 6.96. The summed E-state index contributed by atoms with van der Waals surface area (Å²) in [6.45, 7) is 0. The predicted octanol–water partition coefficient (Wildman–Crippen LogP) is 1.13. The van der Waals surface area contributed by atoms with E-state index in [1.165, 1.54) is 14.2 Å². The van der Waals surface area contributed by atoms with E-state index in [9.17, 15) is 10.5 Å². The fourth-order valence-corrected chi connectivity index (χ4v) is 3.82. The summed E-state index contributed by atoms with van der Waals surface area (Å²) in [4.78, 5) is 4.16. The standard InChI is InChI=1S/C16H16N4O3/c1-21-11-6-4-10(5-7-11)12-14(8-17)13(19)20-16(22-2,23-3)15(12,14)9-18/h4-7,12H,1-3H3,(H2,19,20)/t12-,14-,15+/m1/s1. The van der Waals surface area contributed by atoms with Crippen molar-refractivity contribution < 1.29 is 14.2 Å². The minimum absolute atomic E-state index is 0.0612. The first-order chi connectivity index (χ1) is 11.0. The second-order valence-electron chi connectivity index (χ2n) is 5.53. The number of benzene rings is 1. The van der Waals surface area contributed by atoms with Gasteiger partial charge in [0.1, 0.15) is 17.0 Å². The molecule has 1 aromatic carbocycles. The van der Waals surface area contributed by atoms with Crippen molar-refractivity contribution in [1.29, 1.82) is 10.5 Å². The van der Waals surface area contributed by atoms with Crippen molar-refractivity contribution in [2.45, 2.75) is 11.8 Å². The van der Waals surface area contributed by atoms with Gasteiger partial charge >= 0.3 is 0 Å². The third-order valence-electron chi connectivity index (χ3n) is 4.93. The van der Waals surface area contributed by atoms with E-state index in [4.69, 9.17) is 19.9 Å². The van der Waals surface area contributed by atoms with E-state index < -0.39 is 22.7 Å². The summed E-state index contributed by atoms with van der Waals surface area (Å²) in [5.74, 6) is -1.34. The zero-order chi connectivity index (χ0) is 16.9. The quantitative estimate of drug-likeness (QED) is 0.834. The second-order valence-corrected chi connectivity index (χ2v) is 5.53. The van der Waals surface area contributed by atoms with Crippen LogP contribution < -0.4 is 10.5 Å². The lowest BCUT2D eigenvalue weighted by Crippen LogP contribution is -2.41.